The first-order chi connectivity index (χ1) is 15.5. The molecule has 0 bridgehead atoms. The first-order valence-corrected chi connectivity index (χ1v) is 10.7. The van der Waals surface area contributed by atoms with Crippen LogP contribution in [-0.2, 0) is 9.47 Å². The predicted molar refractivity (Wildman–Crippen MR) is 120 cm³/mol. The number of aryl methyl sites for hydroxylation is 1. The van der Waals surface area contributed by atoms with Crippen molar-refractivity contribution in [3.05, 3.63) is 95.8 Å². The van der Waals surface area contributed by atoms with E-state index in [1.165, 1.54) is 13.0 Å². The second-order valence-corrected chi connectivity index (χ2v) is 8.03. The second kappa shape index (κ2) is 9.72. The van der Waals surface area contributed by atoms with Crippen LogP contribution in [-0.4, -0.2) is 19.5 Å². The van der Waals surface area contributed by atoms with Gasteiger partial charge in [0.05, 0.1) is 13.2 Å². The summed E-state index contributed by atoms with van der Waals surface area (Å²) in [6.45, 7) is 6.18. The fourth-order valence-corrected chi connectivity index (χ4v) is 3.87. The summed E-state index contributed by atoms with van der Waals surface area (Å²) in [4.78, 5) is 0. The van der Waals surface area contributed by atoms with E-state index < -0.39 is 11.6 Å². The quantitative estimate of drug-likeness (QED) is 0.380. The minimum atomic E-state index is -0.878. The normalized spacial score (nSPS) is 18.5. The van der Waals surface area contributed by atoms with Gasteiger partial charge in [-0.2, -0.15) is 0 Å². The lowest BCUT2D eigenvalue weighted by Gasteiger charge is -2.29. The first-order valence-electron chi connectivity index (χ1n) is 10.7. The molecule has 0 aromatic heterocycles. The van der Waals surface area contributed by atoms with Crippen molar-refractivity contribution < 1.29 is 22.6 Å². The molecule has 0 aliphatic carbocycles. The number of rotatable bonds is 6. The number of ether oxygens (including phenoxy) is 2. The van der Waals surface area contributed by atoms with E-state index in [1.54, 1.807) is 42.5 Å². The fraction of sp³-hybridized carbons (Fsp3) is 0.259. The van der Waals surface area contributed by atoms with Crippen molar-refractivity contribution in [1.82, 2.24) is 0 Å². The topological polar surface area (TPSA) is 18.5 Å². The highest BCUT2D eigenvalue weighted by Crippen LogP contribution is 2.32. The standard InChI is InChI=1S/C27H25F3O2/c1-3-4-5-25-31-15-21(16-32-25)20-11-13-22(24(28)14-20)18-7-9-19(10-8-18)23-12-6-17(2)26(29)27(23)30/h3,6-14,21,25H,1,4-5,15-16H2,2H3. The number of hydrogen-bond acceptors (Lipinski definition) is 2. The molecule has 3 aromatic carbocycles. The van der Waals surface area contributed by atoms with Crippen LogP contribution in [0.2, 0.25) is 0 Å². The maximum Gasteiger partial charge on any atom is 0.166 e. The van der Waals surface area contributed by atoms with Crippen LogP contribution in [0.1, 0.15) is 29.9 Å². The molecule has 5 heteroatoms. The molecule has 0 saturated carbocycles. The van der Waals surface area contributed by atoms with Crippen molar-refractivity contribution in [2.75, 3.05) is 13.2 Å². The van der Waals surface area contributed by atoms with Crippen molar-refractivity contribution in [1.29, 1.82) is 0 Å². The van der Waals surface area contributed by atoms with Gasteiger partial charge < -0.3 is 9.47 Å². The van der Waals surface area contributed by atoms with E-state index >= 15 is 0 Å². The monoisotopic (exact) mass is 438 g/mol. The molecule has 1 saturated heterocycles. The molecule has 166 valence electrons. The van der Waals surface area contributed by atoms with Gasteiger partial charge >= 0.3 is 0 Å². The highest BCUT2D eigenvalue weighted by atomic mass is 19.2. The highest BCUT2D eigenvalue weighted by Gasteiger charge is 2.24. The maximum absolute atomic E-state index is 14.9. The molecular formula is C27H25F3O2. The Bertz CT molecular complexity index is 1100. The third-order valence-electron chi connectivity index (χ3n) is 5.82. The Kier molecular flexibility index (Phi) is 6.77. The zero-order valence-electron chi connectivity index (χ0n) is 17.9. The zero-order valence-corrected chi connectivity index (χ0v) is 17.9. The molecule has 1 fully saturated rings. The van der Waals surface area contributed by atoms with Crippen LogP contribution in [0.3, 0.4) is 0 Å². The molecule has 0 spiro atoms. The molecule has 0 radical (unpaired) electrons. The Morgan fingerprint density at radius 2 is 1.50 bits per heavy atom. The van der Waals surface area contributed by atoms with Crippen LogP contribution in [0.4, 0.5) is 13.2 Å². The van der Waals surface area contributed by atoms with Gasteiger partial charge in [0.1, 0.15) is 5.82 Å². The van der Waals surface area contributed by atoms with Gasteiger partial charge in [-0.15, -0.1) is 6.58 Å². The Morgan fingerprint density at radius 1 is 0.875 bits per heavy atom. The van der Waals surface area contributed by atoms with Gasteiger partial charge in [0.15, 0.2) is 17.9 Å². The Hall–Kier alpha value is -2.89. The number of halogens is 3. The summed E-state index contributed by atoms with van der Waals surface area (Å²) in [5.41, 5.74) is 2.89. The number of hydrogen-bond donors (Lipinski definition) is 0. The molecule has 0 atom stereocenters. The molecular weight excluding hydrogens is 413 g/mol. The third kappa shape index (κ3) is 4.64. The highest BCUT2D eigenvalue weighted by molar-refractivity contribution is 5.71. The predicted octanol–water partition coefficient (Wildman–Crippen LogP) is 7.17. The molecule has 3 aromatic rings. The molecule has 0 amide bonds. The van der Waals surface area contributed by atoms with Crippen molar-refractivity contribution >= 4 is 0 Å². The lowest BCUT2D eigenvalue weighted by Crippen LogP contribution is -2.30. The largest absolute Gasteiger partial charge is 0.352 e. The van der Waals surface area contributed by atoms with Gasteiger partial charge in [-0.3, -0.25) is 0 Å². The molecule has 4 rings (SSSR count). The van der Waals surface area contributed by atoms with Crippen molar-refractivity contribution in [3.63, 3.8) is 0 Å². The molecule has 2 nitrogen and oxygen atoms in total. The molecule has 1 heterocycles. The van der Waals surface area contributed by atoms with E-state index in [0.29, 0.717) is 29.9 Å². The summed E-state index contributed by atoms with van der Waals surface area (Å²) in [6, 6.07) is 15.0. The summed E-state index contributed by atoms with van der Waals surface area (Å²) in [5, 5.41) is 0. The van der Waals surface area contributed by atoms with E-state index in [0.717, 1.165) is 18.4 Å². The van der Waals surface area contributed by atoms with Gasteiger partial charge in [-0.1, -0.05) is 54.6 Å². The minimum absolute atomic E-state index is 0.0275. The van der Waals surface area contributed by atoms with Gasteiger partial charge in [0, 0.05) is 23.5 Å². The van der Waals surface area contributed by atoms with Crippen LogP contribution >= 0.6 is 0 Å². The fourth-order valence-electron chi connectivity index (χ4n) is 3.87. The summed E-state index contributed by atoms with van der Waals surface area (Å²) >= 11 is 0. The van der Waals surface area contributed by atoms with Crippen LogP contribution < -0.4 is 0 Å². The van der Waals surface area contributed by atoms with E-state index in [4.69, 9.17) is 9.47 Å². The first kappa shape index (κ1) is 22.3. The van der Waals surface area contributed by atoms with Crippen molar-refractivity contribution in [2.45, 2.75) is 32.0 Å². The lowest BCUT2D eigenvalue weighted by atomic mass is 9.95. The van der Waals surface area contributed by atoms with Crippen molar-refractivity contribution in [3.8, 4) is 22.3 Å². The van der Waals surface area contributed by atoms with Gasteiger partial charge in [-0.25, -0.2) is 13.2 Å². The minimum Gasteiger partial charge on any atom is -0.352 e. The zero-order chi connectivity index (χ0) is 22.7. The lowest BCUT2D eigenvalue weighted by molar-refractivity contribution is -0.189. The van der Waals surface area contributed by atoms with Crippen LogP contribution in [0.15, 0.2) is 67.3 Å². The molecule has 0 N–H and O–H groups in total. The van der Waals surface area contributed by atoms with E-state index in [9.17, 15) is 13.2 Å². The Labute approximate surface area is 186 Å². The van der Waals surface area contributed by atoms with Gasteiger partial charge in [0.25, 0.3) is 0 Å². The van der Waals surface area contributed by atoms with Crippen LogP contribution in [0.5, 0.6) is 0 Å². The SMILES string of the molecule is C=CCCC1OCC(c2ccc(-c3ccc(-c4ccc(C)c(F)c4F)cc3)c(F)c2)CO1. The van der Waals surface area contributed by atoms with Gasteiger partial charge in [0.2, 0.25) is 0 Å². The number of benzene rings is 3. The summed E-state index contributed by atoms with van der Waals surface area (Å²) in [7, 11) is 0. The van der Waals surface area contributed by atoms with E-state index in [-0.39, 0.29) is 29.2 Å². The van der Waals surface area contributed by atoms with Crippen LogP contribution in [0.25, 0.3) is 22.3 Å². The van der Waals surface area contributed by atoms with E-state index in [2.05, 4.69) is 6.58 Å². The van der Waals surface area contributed by atoms with E-state index in [1.807, 2.05) is 12.1 Å². The second-order valence-electron chi connectivity index (χ2n) is 8.03. The molecule has 32 heavy (non-hydrogen) atoms. The third-order valence-corrected chi connectivity index (χ3v) is 5.82. The Morgan fingerprint density at radius 3 is 2.12 bits per heavy atom. The average molecular weight is 438 g/mol. The number of allylic oxidation sites excluding steroid dienone is 1. The molecule has 1 aliphatic heterocycles. The summed E-state index contributed by atoms with van der Waals surface area (Å²) < 4.78 is 54.6. The van der Waals surface area contributed by atoms with Crippen molar-refractivity contribution in [2.24, 2.45) is 0 Å². The molecule has 0 unspecified atom stereocenters. The summed E-state index contributed by atoms with van der Waals surface area (Å²) in [6.07, 6.45) is 3.18. The Balaban J connectivity index is 1.49. The van der Waals surface area contributed by atoms with Gasteiger partial charge in [-0.05, 0) is 41.7 Å². The van der Waals surface area contributed by atoms with Crippen LogP contribution in [0, 0.1) is 24.4 Å². The summed E-state index contributed by atoms with van der Waals surface area (Å²) in [5.74, 6) is -2.11. The maximum atomic E-state index is 14.9. The smallest absolute Gasteiger partial charge is 0.166 e. The average Bonchev–Trinajstić information content (AvgIpc) is 2.82. The molecule has 1 aliphatic rings.